The van der Waals surface area contributed by atoms with Gasteiger partial charge in [-0.05, 0) is 25.7 Å². The minimum Gasteiger partial charge on any atom is -0.481 e. The van der Waals surface area contributed by atoms with E-state index in [1.54, 1.807) is 6.92 Å². The van der Waals surface area contributed by atoms with E-state index in [9.17, 15) is 39.0 Å². The Labute approximate surface area is 196 Å². The van der Waals surface area contributed by atoms with Crippen LogP contribution in [0.25, 0.3) is 0 Å². The molecule has 0 spiro atoms. The lowest BCUT2D eigenvalue weighted by atomic mass is 9.98. The van der Waals surface area contributed by atoms with Crippen molar-refractivity contribution in [3.63, 3.8) is 0 Å². The summed E-state index contributed by atoms with van der Waals surface area (Å²) in [6.07, 6.45) is -2.38. The SMILES string of the molecule is CCC(C)C(N)C(=O)NC(CCC(=O)O)C(=O)NC(C(=O)NC(CCC(N)=O)C(=O)O)C(C)O. The molecule has 6 unspecified atom stereocenters. The van der Waals surface area contributed by atoms with Gasteiger partial charge in [0, 0.05) is 12.8 Å². The standard InChI is InChI=1S/C20H35N5O9/c1-4-9(2)15(22)18(31)23-11(6-8-14(28)29)17(30)25-16(10(3)26)19(32)24-12(20(33)34)5-7-13(21)27/h9-12,15-16,26H,4-8,22H2,1-3H3,(H2,21,27)(H,23,31)(H,24,32)(H,25,30)(H,28,29)(H,33,34). The zero-order chi connectivity index (χ0) is 26.6. The Morgan fingerprint density at radius 1 is 0.824 bits per heavy atom. The van der Waals surface area contributed by atoms with E-state index in [0.717, 1.165) is 6.92 Å². The largest absolute Gasteiger partial charge is 0.481 e. The number of carbonyl (C=O) groups is 6. The fraction of sp³-hybridized carbons (Fsp3) is 0.700. The summed E-state index contributed by atoms with van der Waals surface area (Å²) in [6.45, 7) is 4.70. The van der Waals surface area contributed by atoms with Gasteiger partial charge >= 0.3 is 11.9 Å². The molecular formula is C20H35N5O9. The Bertz CT molecular complexity index is 759. The number of carboxylic acids is 2. The molecule has 0 heterocycles. The fourth-order valence-corrected chi connectivity index (χ4v) is 2.78. The number of amides is 4. The fourth-order valence-electron chi connectivity index (χ4n) is 2.78. The van der Waals surface area contributed by atoms with E-state index >= 15 is 0 Å². The minimum atomic E-state index is -1.64. The van der Waals surface area contributed by atoms with Gasteiger partial charge in [-0.3, -0.25) is 24.0 Å². The van der Waals surface area contributed by atoms with Gasteiger partial charge in [0.25, 0.3) is 0 Å². The third-order valence-corrected chi connectivity index (χ3v) is 5.20. The van der Waals surface area contributed by atoms with Crippen LogP contribution in [0.2, 0.25) is 0 Å². The average molecular weight is 490 g/mol. The van der Waals surface area contributed by atoms with Crippen LogP contribution >= 0.6 is 0 Å². The van der Waals surface area contributed by atoms with Crippen molar-refractivity contribution < 1.29 is 44.1 Å². The van der Waals surface area contributed by atoms with Crippen molar-refractivity contribution in [2.24, 2.45) is 17.4 Å². The highest BCUT2D eigenvalue weighted by Gasteiger charge is 2.33. The normalized spacial score (nSPS) is 16.1. The van der Waals surface area contributed by atoms with Crippen LogP contribution in [0, 0.1) is 5.92 Å². The molecule has 194 valence electrons. The molecule has 6 atom stereocenters. The molecule has 0 aromatic heterocycles. The summed E-state index contributed by atoms with van der Waals surface area (Å²) in [5.74, 6) is -6.45. The Kier molecular flexibility index (Phi) is 13.4. The van der Waals surface area contributed by atoms with Gasteiger partial charge in [-0.25, -0.2) is 4.79 Å². The van der Waals surface area contributed by atoms with Gasteiger partial charge in [-0.1, -0.05) is 20.3 Å². The van der Waals surface area contributed by atoms with Gasteiger partial charge in [-0.2, -0.15) is 0 Å². The number of hydrogen-bond acceptors (Lipinski definition) is 8. The number of aliphatic hydroxyl groups excluding tert-OH is 1. The number of aliphatic hydroxyl groups is 1. The third kappa shape index (κ3) is 11.0. The van der Waals surface area contributed by atoms with Crippen LogP contribution in [-0.4, -0.2) is 81.2 Å². The molecule has 0 aliphatic rings. The van der Waals surface area contributed by atoms with Crippen molar-refractivity contribution in [3.05, 3.63) is 0 Å². The third-order valence-electron chi connectivity index (χ3n) is 5.20. The first-order chi connectivity index (χ1) is 15.7. The van der Waals surface area contributed by atoms with Gasteiger partial charge < -0.3 is 42.7 Å². The Morgan fingerprint density at radius 3 is 1.79 bits per heavy atom. The zero-order valence-corrected chi connectivity index (χ0v) is 19.4. The second-order valence-corrected chi connectivity index (χ2v) is 8.04. The number of carbonyl (C=O) groups excluding carboxylic acids is 4. The van der Waals surface area contributed by atoms with E-state index in [1.807, 2.05) is 6.92 Å². The van der Waals surface area contributed by atoms with Crippen molar-refractivity contribution >= 4 is 35.6 Å². The number of aliphatic carboxylic acids is 2. The van der Waals surface area contributed by atoms with E-state index in [0.29, 0.717) is 6.42 Å². The molecule has 14 heteroatoms. The van der Waals surface area contributed by atoms with E-state index in [2.05, 4.69) is 16.0 Å². The van der Waals surface area contributed by atoms with Gasteiger partial charge in [0.05, 0.1) is 12.1 Å². The second-order valence-electron chi connectivity index (χ2n) is 8.04. The van der Waals surface area contributed by atoms with Crippen LogP contribution in [0.15, 0.2) is 0 Å². The lowest BCUT2D eigenvalue weighted by molar-refractivity contribution is -0.143. The van der Waals surface area contributed by atoms with Gasteiger partial charge in [-0.15, -0.1) is 0 Å². The summed E-state index contributed by atoms with van der Waals surface area (Å²) >= 11 is 0. The Hall–Kier alpha value is -3.26. The number of rotatable bonds is 16. The summed E-state index contributed by atoms with van der Waals surface area (Å²) in [6, 6.07) is -5.52. The maximum atomic E-state index is 12.8. The molecule has 0 aliphatic heterocycles. The molecule has 0 aliphatic carbocycles. The van der Waals surface area contributed by atoms with E-state index < -0.39 is 72.3 Å². The molecule has 0 bridgehead atoms. The topological polar surface area (TPSA) is 251 Å². The molecule has 10 N–H and O–H groups in total. The Balaban J connectivity index is 5.52. The van der Waals surface area contributed by atoms with Crippen LogP contribution in [0.1, 0.15) is 52.9 Å². The highest BCUT2D eigenvalue weighted by molar-refractivity contribution is 5.94. The summed E-state index contributed by atoms with van der Waals surface area (Å²) < 4.78 is 0. The second kappa shape index (κ2) is 14.8. The molecule has 0 fully saturated rings. The summed E-state index contributed by atoms with van der Waals surface area (Å²) in [5.41, 5.74) is 10.8. The molecule has 34 heavy (non-hydrogen) atoms. The highest BCUT2D eigenvalue weighted by atomic mass is 16.4. The van der Waals surface area contributed by atoms with Gasteiger partial charge in [0.15, 0.2) is 0 Å². The first-order valence-corrected chi connectivity index (χ1v) is 10.8. The van der Waals surface area contributed by atoms with Gasteiger partial charge in [0.2, 0.25) is 23.6 Å². The molecule has 0 saturated heterocycles. The van der Waals surface area contributed by atoms with Crippen LogP contribution in [0.3, 0.4) is 0 Å². The predicted molar refractivity (Wildman–Crippen MR) is 118 cm³/mol. The Morgan fingerprint density at radius 2 is 1.35 bits per heavy atom. The lowest BCUT2D eigenvalue weighted by Gasteiger charge is -2.27. The van der Waals surface area contributed by atoms with Gasteiger partial charge in [0.1, 0.15) is 18.1 Å². The zero-order valence-electron chi connectivity index (χ0n) is 19.4. The molecule has 0 aromatic carbocycles. The lowest BCUT2D eigenvalue weighted by Crippen LogP contribution is -2.60. The quantitative estimate of drug-likeness (QED) is 0.112. The monoisotopic (exact) mass is 489 g/mol. The highest BCUT2D eigenvalue weighted by Crippen LogP contribution is 2.08. The molecule has 0 rings (SSSR count). The smallest absolute Gasteiger partial charge is 0.326 e. The average Bonchev–Trinajstić information content (AvgIpc) is 2.75. The maximum absolute atomic E-state index is 12.8. The maximum Gasteiger partial charge on any atom is 0.326 e. The summed E-state index contributed by atoms with van der Waals surface area (Å²) in [4.78, 5) is 71.0. The number of hydrogen-bond donors (Lipinski definition) is 8. The molecular weight excluding hydrogens is 454 g/mol. The van der Waals surface area contributed by atoms with Crippen LogP contribution in [-0.2, 0) is 28.8 Å². The predicted octanol–water partition coefficient (Wildman–Crippen LogP) is -2.59. The van der Waals surface area contributed by atoms with Crippen LogP contribution < -0.4 is 27.4 Å². The van der Waals surface area contributed by atoms with Crippen molar-refractivity contribution in [1.29, 1.82) is 0 Å². The number of primary amides is 1. The van der Waals surface area contributed by atoms with Crippen molar-refractivity contribution in [2.75, 3.05) is 0 Å². The van der Waals surface area contributed by atoms with E-state index in [-0.39, 0.29) is 25.2 Å². The van der Waals surface area contributed by atoms with E-state index in [1.165, 1.54) is 0 Å². The first-order valence-electron chi connectivity index (χ1n) is 10.8. The van der Waals surface area contributed by atoms with Crippen LogP contribution in [0.4, 0.5) is 0 Å². The molecule has 0 aromatic rings. The molecule has 4 amide bonds. The van der Waals surface area contributed by atoms with Crippen LogP contribution in [0.5, 0.6) is 0 Å². The van der Waals surface area contributed by atoms with Crippen molar-refractivity contribution in [2.45, 2.75) is 83.1 Å². The van der Waals surface area contributed by atoms with E-state index in [4.69, 9.17) is 16.6 Å². The number of nitrogens with two attached hydrogens (primary N) is 2. The van der Waals surface area contributed by atoms with Crippen molar-refractivity contribution in [3.8, 4) is 0 Å². The summed E-state index contributed by atoms with van der Waals surface area (Å²) in [7, 11) is 0. The minimum absolute atomic E-state index is 0.229. The number of nitrogens with one attached hydrogen (secondary N) is 3. The first kappa shape index (κ1) is 30.7. The number of carboxylic acid groups (broad SMARTS) is 2. The summed E-state index contributed by atoms with van der Waals surface area (Å²) in [5, 5.41) is 34.8. The molecule has 0 saturated carbocycles. The van der Waals surface area contributed by atoms with Crippen molar-refractivity contribution in [1.82, 2.24) is 16.0 Å². The molecule has 0 radical (unpaired) electrons. The molecule has 14 nitrogen and oxygen atoms in total.